The number of para-hydroxylation sites is 3. The fourth-order valence-electron chi connectivity index (χ4n) is 11.0. The van der Waals surface area contributed by atoms with Crippen molar-refractivity contribution in [3.63, 3.8) is 0 Å². The number of amides is 3. The predicted octanol–water partition coefficient (Wildman–Crippen LogP) is 8.45. The first-order chi connectivity index (χ1) is 41.6. The van der Waals surface area contributed by atoms with E-state index in [4.69, 9.17) is 0 Å². The van der Waals surface area contributed by atoms with Crippen LogP contribution in [0.15, 0.2) is 146 Å². The van der Waals surface area contributed by atoms with Gasteiger partial charge in [0.05, 0.1) is 22.4 Å². The molecule has 3 heterocycles. The number of H-pyrrole nitrogens is 3. The Kier molecular flexibility index (Phi) is 17.7. The molecule has 444 valence electrons. The van der Waals surface area contributed by atoms with E-state index in [0.29, 0.717) is 66.4 Å². The van der Waals surface area contributed by atoms with Crippen LogP contribution in [-0.2, 0) is 41.6 Å². The smallest absolute Gasteiger partial charge is 0.335 e. The number of aromatic amines is 3. The maximum Gasteiger partial charge on any atom is 0.335 e. The summed E-state index contributed by atoms with van der Waals surface area (Å²) in [5.41, 5.74) is 1.59. The molecule has 9 rings (SSSR count). The summed E-state index contributed by atoms with van der Waals surface area (Å²) in [6.45, 7) is 0. The van der Waals surface area contributed by atoms with Crippen molar-refractivity contribution >= 4 is 86.2 Å². The number of carboxylic acid groups (broad SMARTS) is 6. The van der Waals surface area contributed by atoms with E-state index in [1.807, 2.05) is 0 Å². The Labute approximate surface area is 492 Å². The lowest BCUT2D eigenvalue weighted by Crippen LogP contribution is -2.46. The molecule has 0 radical (unpaired) electrons. The van der Waals surface area contributed by atoms with E-state index in [1.54, 1.807) is 84.9 Å². The molecule has 24 nitrogen and oxygen atoms in total. The highest BCUT2D eigenvalue weighted by Gasteiger charge is 2.44. The summed E-state index contributed by atoms with van der Waals surface area (Å²) in [6.07, 6.45) is -5.33. The molecule has 9 aromatic rings. The number of aliphatic carboxylic acids is 3. The molecule has 3 aromatic heterocycles. The Morgan fingerprint density at radius 3 is 1.15 bits per heavy atom. The lowest BCUT2D eigenvalue weighted by atomic mass is 9.83. The maximum atomic E-state index is 14.2. The molecule has 12 N–H and O–H groups in total. The number of nitrogens with one attached hydrogen (secondary N) is 6. The molecule has 24 heteroatoms. The summed E-state index contributed by atoms with van der Waals surface area (Å²) in [7, 11) is 0. The van der Waals surface area contributed by atoms with Gasteiger partial charge in [-0.2, -0.15) is 0 Å². The van der Waals surface area contributed by atoms with Crippen molar-refractivity contribution in [2.24, 2.45) is 0 Å². The van der Waals surface area contributed by atoms with Crippen molar-refractivity contribution in [2.45, 2.75) is 75.0 Å². The minimum atomic E-state index is -2.40. The Bertz CT molecular complexity index is 4060. The second kappa shape index (κ2) is 25.6. The van der Waals surface area contributed by atoms with Gasteiger partial charge in [0.1, 0.15) is 12.1 Å². The largest absolute Gasteiger partial charge is 0.480 e. The maximum absolute atomic E-state index is 14.2. The molecular weight excluding hydrogens is 1130 g/mol. The van der Waals surface area contributed by atoms with E-state index in [9.17, 15) is 83.9 Å². The van der Waals surface area contributed by atoms with Gasteiger partial charge in [-0.1, -0.05) is 91.0 Å². The molecule has 0 bridgehead atoms. The number of rotatable bonds is 27. The summed E-state index contributed by atoms with van der Waals surface area (Å²) in [6, 6.07) is 32.3. The average Bonchev–Trinajstić information content (AvgIpc) is 1.76. The first-order valence-corrected chi connectivity index (χ1v) is 27.1. The van der Waals surface area contributed by atoms with Crippen LogP contribution >= 0.6 is 0 Å². The Morgan fingerprint density at radius 1 is 0.437 bits per heavy atom. The van der Waals surface area contributed by atoms with Gasteiger partial charge >= 0.3 is 35.8 Å². The monoisotopic (exact) mass is 1180 g/mol. The number of aromatic nitrogens is 3. The number of carbonyl (C=O) groups excluding carboxylic acids is 3. The number of nitro groups is 1. The number of aromatic carboxylic acids is 3. The van der Waals surface area contributed by atoms with Gasteiger partial charge in [-0.3, -0.25) is 24.5 Å². The van der Waals surface area contributed by atoms with Crippen LogP contribution in [0.1, 0.15) is 92.3 Å². The molecule has 0 aliphatic carbocycles. The molecule has 87 heavy (non-hydrogen) atoms. The lowest BCUT2D eigenvalue weighted by Gasteiger charge is -2.26. The number of hydrogen-bond donors (Lipinski definition) is 12. The molecule has 0 aliphatic rings. The summed E-state index contributed by atoms with van der Waals surface area (Å²) < 4.78 is 0. The summed E-state index contributed by atoms with van der Waals surface area (Å²) in [5, 5.41) is 83.4. The molecule has 3 amide bonds. The third kappa shape index (κ3) is 13.3. The number of hydrogen-bond acceptors (Lipinski definition) is 11. The zero-order valence-electron chi connectivity index (χ0n) is 45.9. The molecule has 3 atom stereocenters. The van der Waals surface area contributed by atoms with E-state index < -0.39 is 121 Å². The summed E-state index contributed by atoms with van der Waals surface area (Å²) in [5.74, 6) is -11.3. The Balaban J connectivity index is 0.993. The van der Waals surface area contributed by atoms with Crippen molar-refractivity contribution in [3.05, 3.63) is 189 Å². The van der Waals surface area contributed by atoms with E-state index in [1.165, 1.54) is 60.7 Å². The lowest BCUT2D eigenvalue weighted by molar-refractivity contribution is -0.573. The van der Waals surface area contributed by atoms with Gasteiger partial charge in [-0.25, -0.2) is 28.8 Å². The second-order valence-electron chi connectivity index (χ2n) is 20.8. The van der Waals surface area contributed by atoms with Crippen LogP contribution in [0.25, 0.3) is 66.5 Å². The van der Waals surface area contributed by atoms with E-state index in [2.05, 4.69) is 30.9 Å². The molecule has 0 saturated carbocycles. The first kappa shape index (κ1) is 60.2. The number of fused-ring (bicyclic) bond motifs is 3. The molecule has 0 aliphatic heterocycles. The zero-order valence-corrected chi connectivity index (χ0v) is 45.9. The van der Waals surface area contributed by atoms with Gasteiger partial charge in [0, 0.05) is 106 Å². The second-order valence-corrected chi connectivity index (χ2v) is 20.8. The fraction of sp³-hybridized carbons (Fsp3) is 0.190. The number of carboxylic acids is 6. The van der Waals surface area contributed by atoms with Gasteiger partial charge in [-0.05, 0) is 82.4 Å². The minimum Gasteiger partial charge on any atom is -0.480 e. The quantitative estimate of drug-likeness (QED) is 0.0170. The number of benzene rings is 6. The normalized spacial score (nSPS) is 13.0. The van der Waals surface area contributed by atoms with Crippen LogP contribution in [0.2, 0.25) is 0 Å². The minimum absolute atomic E-state index is 0.0194. The van der Waals surface area contributed by atoms with Gasteiger partial charge in [0.15, 0.2) is 6.04 Å². The van der Waals surface area contributed by atoms with Crippen LogP contribution in [0.5, 0.6) is 0 Å². The van der Waals surface area contributed by atoms with Gasteiger partial charge in [-0.15, -0.1) is 0 Å². The Hall–Kier alpha value is -11.4. The van der Waals surface area contributed by atoms with Crippen LogP contribution in [0.4, 0.5) is 0 Å². The highest BCUT2D eigenvalue weighted by Crippen LogP contribution is 2.38. The van der Waals surface area contributed by atoms with Gasteiger partial charge in [0.2, 0.25) is 23.3 Å². The van der Waals surface area contributed by atoms with Crippen molar-refractivity contribution in [2.75, 3.05) is 0 Å². The van der Waals surface area contributed by atoms with Crippen LogP contribution in [-0.4, -0.2) is 122 Å². The highest BCUT2D eigenvalue weighted by molar-refractivity contribution is 6.00. The summed E-state index contributed by atoms with van der Waals surface area (Å²) in [4.78, 5) is 140. The zero-order chi connectivity index (χ0) is 62.3. The van der Waals surface area contributed by atoms with Crippen molar-refractivity contribution < 1.29 is 78.7 Å². The van der Waals surface area contributed by atoms with Crippen molar-refractivity contribution in [3.8, 4) is 33.8 Å². The number of carbonyl (C=O) groups is 9. The van der Waals surface area contributed by atoms with Gasteiger partial charge in [0.25, 0.3) is 0 Å². The third-order valence-corrected chi connectivity index (χ3v) is 15.3. The molecule has 0 saturated heterocycles. The first-order valence-electron chi connectivity index (χ1n) is 27.1. The molecule has 3 unspecified atom stereocenters. The Morgan fingerprint density at radius 2 is 0.782 bits per heavy atom. The van der Waals surface area contributed by atoms with Crippen LogP contribution in [0, 0.1) is 10.1 Å². The average molecular weight is 1180 g/mol. The topological polar surface area (TPSA) is 402 Å². The van der Waals surface area contributed by atoms with Crippen LogP contribution in [0.3, 0.4) is 0 Å². The number of nitrogens with zero attached hydrogens (tertiary/aromatic N) is 1. The molecule has 6 aromatic carbocycles. The SMILES string of the molecule is O=C(CCC(CCC(=O)NC(Cc1c(-c2cccc(C(=O)O)c2)[nH]c2ccccc12)C(=O)O)(CCC(=O)NC(C(=O)O)c1c(-c2cccc(C(=O)O)c2)[nH]c2ccccc12)[N+](=O)[O-])NC(Cc1c(-c2cccc(C(=O)O)c2)[nH]c2ccccc12)C(=O)O. The predicted molar refractivity (Wildman–Crippen MR) is 315 cm³/mol. The van der Waals surface area contributed by atoms with E-state index >= 15 is 0 Å². The van der Waals surface area contributed by atoms with Crippen molar-refractivity contribution in [1.82, 2.24) is 30.9 Å². The highest BCUT2D eigenvalue weighted by atomic mass is 16.6. The standard InChI is InChI=1S/C63H55N7O17/c71-49(64-47(60(80)81)31-42-39-16-1-4-19-44(39)66-53(42)33-10-7-13-36(28-33)57(74)75)22-25-63(70(86)87,27-24-51(73)69-56(62(84)85)52-41-18-3-6-21-46(41)68-55(52)35-12-9-15-38(30-35)59(78)79)26-23-50(72)65-48(61(82)83)32-43-40-17-2-5-20-45(40)67-54(43)34-11-8-14-37(29-34)58(76)77/h1-21,28-30,47-48,56,66-68H,22-27,31-32H2,(H,64,71)(H,65,72)(H,69,73)(H,74,75)(H,76,77)(H,78,79)(H,80,81)(H,82,83)(H,84,85). The molecule has 0 spiro atoms. The van der Waals surface area contributed by atoms with Crippen LogP contribution < -0.4 is 16.0 Å². The van der Waals surface area contributed by atoms with E-state index in [-0.39, 0.29) is 46.4 Å². The molecule has 0 fully saturated rings. The third-order valence-electron chi connectivity index (χ3n) is 15.3. The van der Waals surface area contributed by atoms with Gasteiger partial charge < -0.3 is 61.5 Å². The summed E-state index contributed by atoms with van der Waals surface area (Å²) >= 11 is 0. The van der Waals surface area contributed by atoms with E-state index in [0.717, 1.165) is 0 Å². The fourth-order valence-corrected chi connectivity index (χ4v) is 11.0. The van der Waals surface area contributed by atoms with Crippen molar-refractivity contribution in [1.29, 1.82) is 0 Å². The molecular formula is C63H55N7O17.